The van der Waals surface area contributed by atoms with E-state index in [1.165, 1.54) is 13.0 Å². The van der Waals surface area contributed by atoms with Crippen molar-refractivity contribution >= 4 is 23.5 Å². The topological polar surface area (TPSA) is 59.4 Å². The first-order valence-electron chi connectivity index (χ1n) is 7.49. The zero-order chi connectivity index (χ0) is 19.3. The molecule has 0 aliphatic rings. The summed E-state index contributed by atoms with van der Waals surface area (Å²) in [6.07, 6.45) is -4.67. The second-order valence-corrected chi connectivity index (χ2v) is 5.79. The van der Waals surface area contributed by atoms with Crippen molar-refractivity contribution in [3.05, 3.63) is 64.4 Å². The predicted octanol–water partition coefficient (Wildman–Crippen LogP) is 4.30. The summed E-state index contributed by atoms with van der Waals surface area (Å²) in [5, 5.41) is 8.88. The monoisotopic (exact) mass is 385 g/mol. The third-order valence-electron chi connectivity index (χ3n) is 3.35. The lowest BCUT2D eigenvalue weighted by molar-refractivity contribution is -0.207. The molecule has 2 rings (SSSR count). The van der Waals surface area contributed by atoms with Gasteiger partial charge in [0, 0.05) is 0 Å². The fourth-order valence-corrected chi connectivity index (χ4v) is 2.37. The molecule has 1 aromatic carbocycles. The molecule has 0 amide bonds. The molecule has 26 heavy (non-hydrogen) atoms. The highest BCUT2D eigenvalue weighted by atomic mass is 35.5. The molecule has 1 atom stereocenters. The van der Waals surface area contributed by atoms with Gasteiger partial charge in [0.1, 0.15) is 0 Å². The molecule has 0 fully saturated rings. The Balaban J connectivity index is 2.06. The van der Waals surface area contributed by atoms with Gasteiger partial charge in [0.25, 0.3) is 0 Å². The van der Waals surface area contributed by atoms with E-state index in [1.807, 2.05) is 30.3 Å². The van der Waals surface area contributed by atoms with E-state index in [9.17, 15) is 23.1 Å². The zero-order valence-electron chi connectivity index (χ0n) is 13.6. The first-order chi connectivity index (χ1) is 12.2. The molecule has 0 aliphatic heterocycles. The maximum atomic E-state index is 12.6. The van der Waals surface area contributed by atoms with Crippen LogP contribution < -0.4 is 4.74 Å². The van der Waals surface area contributed by atoms with E-state index in [4.69, 9.17) is 16.3 Å². The smallest absolute Gasteiger partial charge is 0.420 e. The van der Waals surface area contributed by atoms with Crippen molar-refractivity contribution in [3.8, 4) is 5.75 Å². The van der Waals surface area contributed by atoms with Gasteiger partial charge in [-0.15, -0.1) is 0 Å². The van der Waals surface area contributed by atoms with Crippen molar-refractivity contribution in [2.75, 3.05) is 6.61 Å². The second kappa shape index (κ2) is 8.33. The van der Waals surface area contributed by atoms with E-state index in [1.54, 1.807) is 6.08 Å². The van der Waals surface area contributed by atoms with Gasteiger partial charge in [-0.3, -0.25) is 4.79 Å². The molecule has 0 bridgehead atoms. The molecule has 0 spiro atoms. The molecular weight excluding hydrogens is 371 g/mol. The van der Waals surface area contributed by atoms with Crippen molar-refractivity contribution in [2.45, 2.75) is 19.2 Å². The number of ketones is 1. The fraction of sp³-hybridized carbons (Fsp3) is 0.222. The lowest BCUT2D eigenvalue weighted by atomic mass is 10.1. The first-order valence-corrected chi connectivity index (χ1v) is 7.87. The molecule has 0 saturated heterocycles. The minimum atomic E-state index is -4.86. The number of halogens is 4. The van der Waals surface area contributed by atoms with Gasteiger partial charge in [0.2, 0.25) is 0 Å². The van der Waals surface area contributed by atoms with Crippen LogP contribution in [0.5, 0.6) is 5.75 Å². The Kier molecular flexibility index (Phi) is 6.39. The number of hydrogen-bond acceptors (Lipinski definition) is 4. The number of aryl methyl sites for hydroxylation is 1. The molecular formula is C18H15ClF3NO3. The number of ether oxygens (including phenoxy) is 1. The van der Waals surface area contributed by atoms with Crippen LogP contribution in [0.4, 0.5) is 13.2 Å². The maximum Gasteiger partial charge on any atom is 0.420 e. The Labute approximate surface area is 152 Å². The van der Waals surface area contributed by atoms with Gasteiger partial charge >= 0.3 is 6.18 Å². The molecule has 0 radical (unpaired) electrons. The van der Waals surface area contributed by atoms with Crippen molar-refractivity contribution < 1.29 is 27.8 Å². The van der Waals surface area contributed by atoms with Gasteiger partial charge in [0.05, 0.1) is 5.69 Å². The summed E-state index contributed by atoms with van der Waals surface area (Å²) >= 11 is 5.84. The number of rotatable bonds is 6. The van der Waals surface area contributed by atoms with Crippen LogP contribution in [-0.4, -0.2) is 28.7 Å². The molecule has 1 unspecified atom stereocenters. The molecule has 2 aromatic rings. The summed E-state index contributed by atoms with van der Waals surface area (Å²) in [7, 11) is 0. The van der Waals surface area contributed by atoms with Gasteiger partial charge in [0.15, 0.2) is 29.4 Å². The standard InChI is InChI=1S/C18H15ClF3NO3/c1-11-9-14(16(25)18(20,21)22)23-17(19)15(11)26-10-13(24)8-7-12-5-3-2-4-6-12/h2-9,16,25H,10H2,1H3. The normalized spacial score (nSPS) is 13.0. The van der Waals surface area contributed by atoms with Crippen LogP contribution in [0.2, 0.25) is 5.15 Å². The molecule has 0 aliphatic carbocycles. The lowest BCUT2D eigenvalue weighted by Gasteiger charge is -2.16. The number of alkyl halides is 3. The van der Waals surface area contributed by atoms with Gasteiger partial charge < -0.3 is 9.84 Å². The average molecular weight is 386 g/mol. The molecule has 0 saturated carbocycles. The quantitative estimate of drug-likeness (QED) is 0.595. The molecule has 1 aromatic heterocycles. The Morgan fingerprint density at radius 2 is 2.00 bits per heavy atom. The molecule has 1 heterocycles. The minimum Gasteiger partial charge on any atom is -0.482 e. The lowest BCUT2D eigenvalue weighted by Crippen LogP contribution is -2.21. The summed E-state index contributed by atoms with van der Waals surface area (Å²) in [6, 6.07) is 10.2. The number of aliphatic hydroxyl groups is 1. The zero-order valence-corrected chi connectivity index (χ0v) is 14.4. The van der Waals surface area contributed by atoms with Crippen molar-refractivity contribution in [1.82, 2.24) is 4.98 Å². The third kappa shape index (κ3) is 5.31. The Morgan fingerprint density at radius 1 is 1.35 bits per heavy atom. The highest BCUT2D eigenvalue weighted by Crippen LogP contribution is 2.35. The van der Waals surface area contributed by atoms with Crippen LogP contribution in [0.1, 0.15) is 22.9 Å². The number of pyridine rings is 1. The van der Waals surface area contributed by atoms with Crippen LogP contribution in [0, 0.1) is 6.92 Å². The maximum absolute atomic E-state index is 12.6. The number of aliphatic hydroxyl groups excluding tert-OH is 1. The van der Waals surface area contributed by atoms with Gasteiger partial charge in [-0.2, -0.15) is 13.2 Å². The van der Waals surface area contributed by atoms with Gasteiger partial charge in [-0.1, -0.05) is 48.0 Å². The van der Waals surface area contributed by atoms with Crippen molar-refractivity contribution in [3.63, 3.8) is 0 Å². The number of nitrogens with zero attached hydrogens (tertiary/aromatic N) is 1. The van der Waals surface area contributed by atoms with Crippen molar-refractivity contribution in [2.24, 2.45) is 0 Å². The number of aromatic nitrogens is 1. The molecule has 138 valence electrons. The fourth-order valence-electron chi connectivity index (χ4n) is 2.07. The minimum absolute atomic E-state index is 0.00810. The summed E-state index contributed by atoms with van der Waals surface area (Å²) < 4.78 is 43.0. The Hall–Kier alpha value is -2.38. The summed E-state index contributed by atoms with van der Waals surface area (Å²) in [6.45, 7) is 1.09. The van der Waals surface area contributed by atoms with E-state index in [0.29, 0.717) is 0 Å². The number of benzene rings is 1. The first kappa shape index (κ1) is 19.9. The van der Waals surface area contributed by atoms with Gasteiger partial charge in [-0.25, -0.2) is 4.98 Å². The Morgan fingerprint density at radius 3 is 2.58 bits per heavy atom. The van der Waals surface area contributed by atoms with Crippen molar-refractivity contribution in [1.29, 1.82) is 0 Å². The molecule has 4 nitrogen and oxygen atoms in total. The highest BCUT2D eigenvalue weighted by molar-refractivity contribution is 6.31. The summed E-state index contributed by atoms with van der Waals surface area (Å²) in [4.78, 5) is 15.4. The van der Waals surface area contributed by atoms with Crippen LogP contribution in [0.15, 0.2) is 42.5 Å². The predicted molar refractivity (Wildman–Crippen MR) is 91.0 cm³/mol. The van der Waals surface area contributed by atoms with E-state index in [-0.39, 0.29) is 28.9 Å². The van der Waals surface area contributed by atoms with Gasteiger partial charge in [-0.05, 0) is 30.2 Å². The van der Waals surface area contributed by atoms with Crippen LogP contribution in [0.25, 0.3) is 6.08 Å². The Bertz CT molecular complexity index is 784. The highest BCUT2D eigenvalue weighted by Gasteiger charge is 2.40. The van der Waals surface area contributed by atoms with E-state index in [0.717, 1.165) is 11.6 Å². The largest absolute Gasteiger partial charge is 0.482 e. The average Bonchev–Trinajstić information content (AvgIpc) is 2.58. The number of carbonyl (C=O) groups excluding carboxylic acids is 1. The second-order valence-electron chi connectivity index (χ2n) is 5.43. The number of carbonyl (C=O) groups is 1. The summed E-state index contributed by atoms with van der Waals surface area (Å²) in [5.41, 5.74) is 0.424. The number of hydrogen-bond donors (Lipinski definition) is 1. The van der Waals surface area contributed by atoms with Crippen LogP contribution >= 0.6 is 11.6 Å². The SMILES string of the molecule is Cc1cc(C(O)C(F)(F)F)nc(Cl)c1OCC(=O)C=Cc1ccccc1. The van der Waals surface area contributed by atoms with Crippen LogP contribution in [-0.2, 0) is 4.79 Å². The van der Waals surface area contributed by atoms with E-state index < -0.39 is 18.0 Å². The van der Waals surface area contributed by atoms with Crippen LogP contribution in [0.3, 0.4) is 0 Å². The van der Waals surface area contributed by atoms with E-state index >= 15 is 0 Å². The van der Waals surface area contributed by atoms with E-state index in [2.05, 4.69) is 4.98 Å². The summed E-state index contributed by atoms with van der Waals surface area (Å²) in [5.74, 6) is -0.366. The molecule has 8 heteroatoms. The third-order valence-corrected chi connectivity index (χ3v) is 3.60. The molecule has 1 N–H and O–H groups in total.